The van der Waals surface area contributed by atoms with Crippen molar-refractivity contribution in [2.24, 2.45) is 5.73 Å². The lowest BCUT2D eigenvalue weighted by Crippen LogP contribution is -2.16. The molecule has 4 nitrogen and oxygen atoms in total. The van der Waals surface area contributed by atoms with Crippen LogP contribution >= 0.6 is 0 Å². The van der Waals surface area contributed by atoms with Crippen molar-refractivity contribution in [2.45, 2.75) is 0 Å². The molecule has 0 saturated heterocycles. The highest BCUT2D eigenvalue weighted by Gasteiger charge is 2.04. The van der Waals surface area contributed by atoms with Gasteiger partial charge in [0.1, 0.15) is 5.75 Å². The van der Waals surface area contributed by atoms with Crippen molar-refractivity contribution in [1.82, 2.24) is 4.98 Å². The van der Waals surface area contributed by atoms with Gasteiger partial charge in [-0.1, -0.05) is 12.1 Å². The zero-order chi connectivity index (χ0) is 9.97. The molecule has 0 spiro atoms. The first kappa shape index (κ1) is 8.50. The molecule has 0 radical (unpaired) electrons. The third kappa shape index (κ3) is 1.50. The molecule has 0 aliphatic heterocycles. The van der Waals surface area contributed by atoms with Crippen LogP contribution in [0.25, 0.3) is 10.9 Å². The monoisotopic (exact) mass is 188 g/mol. The van der Waals surface area contributed by atoms with Crippen molar-refractivity contribution in [2.75, 3.05) is 0 Å². The van der Waals surface area contributed by atoms with E-state index in [9.17, 15) is 4.79 Å². The Balaban J connectivity index is 2.59. The summed E-state index contributed by atoms with van der Waals surface area (Å²) in [5.41, 5.74) is 5.70. The first-order chi connectivity index (χ1) is 6.77. The predicted molar refractivity (Wildman–Crippen MR) is 52.0 cm³/mol. The maximum absolute atomic E-state index is 10.6. The highest BCUT2D eigenvalue weighted by molar-refractivity contribution is 5.86. The van der Waals surface area contributed by atoms with Crippen molar-refractivity contribution in [1.29, 1.82) is 0 Å². The van der Waals surface area contributed by atoms with Gasteiger partial charge in [0.05, 0.1) is 5.52 Å². The van der Waals surface area contributed by atoms with Gasteiger partial charge in [0.2, 0.25) is 0 Å². The molecule has 0 aliphatic carbocycles. The molecule has 4 heteroatoms. The fraction of sp³-hybridized carbons (Fsp3) is 0. The van der Waals surface area contributed by atoms with Crippen LogP contribution in [0.1, 0.15) is 0 Å². The van der Waals surface area contributed by atoms with Gasteiger partial charge < -0.3 is 10.5 Å². The highest BCUT2D eigenvalue weighted by atomic mass is 16.5. The van der Waals surface area contributed by atoms with Crippen LogP contribution in [0, 0.1) is 0 Å². The number of pyridine rings is 1. The Labute approximate surface area is 80.3 Å². The summed E-state index contributed by atoms with van der Waals surface area (Å²) in [5, 5.41) is 0.772. The number of fused-ring (bicyclic) bond motifs is 1. The minimum Gasteiger partial charge on any atom is -0.410 e. The molecule has 1 amide bonds. The average Bonchev–Trinajstić information content (AvgIpc) is 2.18. The molecule has 1 aromatic carbocycles. The molecule has 70 valence electrons. The van der Waals surface area contributed by atoms with E-state index in [1.165, 1.54) is 0 Å². The summed E-state index contributed by atoms with van der Waals surface area (Å²) in [6.45, 7) is 0. The van der Waals surface area contributed by atoms with Gasteiger partial charge >= 0.3 is 6.09 Å². The molecule has 1 aromatic heterocycles. The van der Waals surface area contributed by atoms with E-state index in [4.69, 9.17) is 10.5 Å². The summed E-state index contributed by atoms with van der Waals surface area (Å²) >= 11 is 0. The molecular weight excluding hydrogens is 180 g/mol. The van der Waals surface area contributed by atoms with E-state index in [2.05, 4.69) is 4.98 Å². The van der Waals surface area contributed by atoms with E-state index < -0.39 is 6.09 Å². The van der Waals surface area contributed by atoms with Gasteiger partial charge in [-0.25, -0.2) is 4.79 Å². The van der Waals surface area contributed by atoms with Crippen LogP contribution in [0.15, 0.2) is 36.5 Å². The van der Waals surface area contributed by atoms with Crippen LogP contribution in [-0.4, -0.2) is 11.1 Å². The Hall–Kier alpha value is -2.10. The van der Waals surface area contributed by atoms with E-state index >= 15 is 0 Å². The summed E-state index contributed by atoms with van der Waals surface area (Å²) < 4.78 is 4.83. The fourth-order valence-electron chi connectivity index (χ4n) is 1.27. The number of hydrogen-bond acceptors (Lipinski definition) is 3. The number of para-hydroxylation sites is 1. The number of nitrogens with two attached hydrogens (primary N) is 1. The number of benzene rings is 1. The van der Waals surface area contributed by atoms with Gasteiger partial charge in [-0.3, -0.25) is 4.98 Å². The number of rotatable bonds is 1. The minimum absolute atomic E-state index is 0.433. The summed E-state index contributed by atoms with van der Waals surface area (Å²) in [6, 6.07) is 8.97. The Morgan fingerprint density at radius 3 is 2.86 bits per heavy atom. The third-order valence-corrected chi connectivity index (χ3v) is 1.82. The lowest BCUT2D eigenvalue weighted by Gasteiger charge is -2.03. The van der Waals surface area contributed by atoms with Crippen molar-refractivity contribution >= 4 is 17.0 Å². The largest absolute Gasteiger partial charge is 0.410 e. The van der Waals surface area contributed by atoms with Crippen LogP contribution in [0.4, 0.5) is 4.79 Å². The molecule has 0 atom stereocenters. The quantitative estimate of drug-likeness (QED) is 0.740. The molecule has 14 heavy (non-hydrogen) atoms. The van der Waals surface area contributed by atoms with Crippen LogP contribution < -0.4 is 10.5 Å². The first-order valence-electron chi connectivity index (χ1n) is 4.08. The third-order valence-electron chi connectivity index (χ3n) is 1.82. The molecule has 2 aromatic rings. The SMILES string of the molecule is NC(=O)Oc1ccnc2ccccc12. The smallest absolute Gasteiger partial charge is 0.409 e. The Morgan fingerprint density at radius 2 is 2.07 bits per heavy atom. The van der Waals surface area contributed by atoms with Gasteiger partial charge in [0.15, 0.2) is 0 Å². The lowest BCUT2D eigenvalue weighted by molar-refractivity contribution is 0.211. The number of aromatic nitrogens is 1. The summed E-state index contributed by atoms with van der Waals surface area (Å²) in [7, 11) is 0. The van der Waals surface area contributed by atoms with E-state index in [-0.39, 0.29) is 0 Å². The number of amides is 1. The van der Waals surface area contributed by atoms with Crippen LogP contribution in [0.5, 0.6) is 5.75 Å². The zero-order valence-electron chi connectivity index (χ0n) is 7.31. The van der Waals surface area contributed by atoms with Crippen LogP contribution in [0.3, 0.4) is 0 Å². The van der Waals surface area contributed by atoms with Crippen LogP contribution in [0.2, 0.25) is 0 Å². The van der Waals surface area contributed by atoms with E-state index in [1.807, 2.05) is 24.3 Å². The summed E-state index contributed by atoms with van der Waals surface area (Å²) in [4.78, 5) is 14.7. The topological polar surface area (TPSA) is 65.2 Å². The van der Waals surface area contributed by atoms with Gasteiger partial charge in [-0.15, -0.1) is 0 Å². The van der Waals surface area contributed by atoms with E-state index in [0.717, 1.165) is 10.9 Å². The Bertz CT molecular complexity index is 477. The summed E-state index contributed by atoms with van der Waals surface area (Å²) in [5.74, 6) is 0.433. The highest BCUT2D eigenvalue weighted by Crippen LogP contribution is 2.22. The second kappa shape index (κ2) is 3.33. The molecule has 2 N–H and O–H groups in total. The second-order valence-electron chi connectivity index (χ2n) is 2.75. The van der Waals surface area contributed by atoms with Crippen LogP contribution in [-0.2, 0) is 0 Å². The van der Waals surface area contributed by atoms with E-state index in [0.29, 0.717) is 5.75 Å². The minimum atomic E-state index is -0.818. The number of primary amides is 1. The second-order valence-corrected chi connectivity index (χ2v) is 2.75. The molecule has 0 fully saturated rings. The number of carbonyl (C=O) groups excluding carboxylic acids is 1. The molecule has 0 saturated carbocycles. The molecule has 1 heterocycles. The zero-order valence-corrected chi connectivity index (χ0v) is 7.31. The molecule has 0 unspecified atom stereocenters. The molecule has 0 aliphatic rings. The van der Waals surface area contributed by atoms with Gasteiger partial charge in [0, 0.05) is 11.6 Å². The lowest BCUT2D eigenvalue weighted by atomic mass is 10.2. The molecular formula is C10H8N2O2. The number of nitrogens with zero attached hydrogens (tertiary/aromatic N) is 1. The van der Waals surface area contributed by atoms with Gasteiger partial charge in [-0.05, 0) is 18.2 Å². The number of hydrogen-bond donors (Lipinski definition) is 1. The van der Waals surface area contributed by atoms with Crippen molar-refractivity contribution in [3.05, 3.63) is 36.5 Å². The molecule has 0 bridgehead atoms. The Morgan fingerprint density at radius 1 is 1.29 bits per heavy atom. The summed E-state index contributed by atoms with van der Waals surface area (Å²) in [6.07, 6.45) is 0.752. The van der Waals surface area contributed by atoms with Crippen molar-refractivity contribution in [3.8, 4) is 5.75 Å². The standard InChI is InChI=1S/C10H8N2O2/c11-10(13)14-9-5-6-12-8-4-2-1-3-7(8)9/h1-6H,(H2,11,13). The maximum Gasteiger partial charge on any atom is 0.409 e. The van der Waals surface area contributed by atoms with Crippen molar-refractivity contribution in [3.63, 3.8) is 0 Å². The Kier molecular flexibility index (Phi) is 2.02. The first-order valence-corrected chi connectivity index (χ1v) is 4.08. The predicted octanol–water partition coefficient (Wildman–Crippen LogP) is 1.69. The van der Waals surface area contributed by atoms with Crippen molar-refractivity contribution < 1.29 is 9.53 Å². The normalized spacial score (nSPS) is 10.0. The van der Waals surface area contributed by atoms with E-state index in [1.54, 1.807) is 12.3 Å². The fourth-order valence-corrected chi connectivity index (χ4v) is 1.27. The number of ether oxygens (including phenoxy) is 1. The number of carbonyl (C=O) groups is 1. The average molecular weight is 188 g/mol. The van der Waals surface area contributed by atoms with Gasteiger partial charge in [0.25, 0.3) is 0 Å². The van der Waals surface area contributed by atoms with Gasteiger partial charge in [-0.2, -0.15) is 0 Å². The maximum atomic E-state index is 10.6. The molecule has 2 rings (SSSR count).